The van der Waals surface area contributed by atoms with Crippen molar-refractivity contribution >= 4 is 11.6 Å². The van der Waals surface area contributed by atoms with Gasteiger partial charge in [-0.05, 0) is 66.3 Å². The predicted molar refractivity (Wildman–Crippen MR) is 163 cm³/mol. The molecule has 0 radical (unpaired) electrons. The maximum absolute atomic E-state index is 13.6. The van der Waals surface area contributed by atoms with E-state index in [0.29, 0.717) is 6.42 Å². The van der Waals surface area contributed by atoms with Crippen molar-refractivity contribution in [2.75, 3.05) is 5.32 Å². The smallest absolute Gasteiger partial charge is 0.225 e. The van der Waals surface area contributed by atoms with E-state index in [1.165, 1.54) is 32.1 Å². The van der Waals surface area contributed by atoms with Gasteiger partial charge in [0.2, 0.25) is 5.91 Å². The van der Waals surface area contributed by atoms with Gasteiger partial charge in [0, 0.05) is 29.2 Å². The highest BCUT2D eigenvalue weighted by atomic mass is 16.5. The van der Waals surface area contributed by atoms with Gasteiger partial charge < -0.3 is 15.2 Å². The number of ether oxygens (including phenoxy) is 1. The topological polar surface area (TPSA) is 58.6 Å². The van der Waals surface area contributed by atoms with Crippen molar-refractivity contribution in [2.45, 2.75) is 102 Å². The Bertz CT molecular complexity index is 1260. The summed E-state index contributed by atoms with van der Waals surface area (Å²) in [6.07, 6.45) is 10.4. The van der Waals surface area contributed by atoms with Crippen LogP contribution in [0.4, 0.5) is 5.69 Å². The van der Waals surface area contributed by atoms with Crippen LogP contribution in [0.5, 0.6) is 11.5 Å². The first-order valence-electron chi connectivity index (χ1n) is 15.2. The van der Waals surface area contributed by atoms with E-state index in [1.807, 2.05) is 36.4 Å². The molecule has 5 rings (SSSR count). The summed E-state index contributed by atoms with van der Waals surface area (Å²) in [5.41, 5.74) is 5.13. The molecule has 3 aromatic carbocycles. The van der Waals surface area contributed by atoms with Crippen LogP contribution in [-0.2, 0) is 16.6 Å². The Hall–Kier alpha value is -3.11. The number of anilines is 1. The van der Waals surface area contributed by atoms with Crippen molar-refractivity contribution in [1.82, 2.24) is 0 Å². The van der Waals surface area contributed by atoms with Gasteiger partial charge in [-0.25, -0.2) is 0 Å². The number of aliphatic hydroxyl groups is 1. The Morgan fingerprint density at radius 3 is 2.23 bits per heavy atom. The van der Waals surface area contributed by atoms with Crippen LogP contribution in [0, 0.1) is 5.92 Å². The van der Waals surface area contributed by atoms with E-state index in [2.05, 4.69) is 56.4 Å². The van der Waals surface area contributed by atoms with E-state index in [1.54, 1.807) is 0 Å². The van der Waals surface area contributed by atoms with Gasteiger partial charge in [-0.1, -0.05) is 101 Å². The van der Waals surface area contributed by atoms with Crippen LogP contribution < -0.4 is 10.1 Å². The van der Waals surface area contributed by atoms with Crippen molar-refractivity contribution in [3.63, 3.8) is 0 Å². The Kier molecular flexibility index (Phi) is 8.95. The van der Waals surface area contributed by atoms with Gasteiger partial charge in [0.15, 0.2) is 0 Å². The molecular formula is C36H45NO3. The number of aryl methyl sites for hydroxylation is 1. The molecule has 0 unspecified atom stereocenters. The summed E-state index contributed by atoms with van der Waals surface area (Å²) in [5.74, 6) is 2.36. The molecule has 0 bridgehead atoms. The highest BCUT2D eigenvalue weighted by molar-refractivity contribution is 5.93. The molecule has 1 saturated carbocycles. The number of hydrogen-bond acceptors (Lipinski definition) is 3. The molecule has 4 heteroatoms. The number of carbonyl (C=O) groups excluding carboxylic acids is 1. The third kappa shape index (κ3) is 6.96. The van der Waals surface area contributed by atoms with Gasteiger partial charge in [0.25, 0.3) is 0 Å². The lowest BCUT2D eigenvalue weighted by Gasteiger charge is -2.28. The third-order valence-electron chi connectivity index (χ3n) is 8.76. The van der Waals surface area contributed by atoms with E-state index in [4.69, 9.17) is 4.74 Å². The molecule has 212 valence electrons. The number of carbonyl (C=O) groups is 1. The third-order valence-corrected chi connectivity index (χ3v) is 8.76. The van der Waals surface area contributed by atoms with Gasteiger partial charge in [0.1, 0.15) is 11.5 Å². The number of benzene rings is 3. The number of fused-ring (bicyclic) bond motifs is 2. The van der Waals surface area contributed by atoms with E-state index in [9.17, 15) is 9.90 Å². The number of rotatable bonds is 9. The molecule has 2 aliphatic rings. The van der Waals surface area contributed by atoms with Crippen LogP contribution in [0.3, 0.4) is 0 Å². The predicted octanol–water partition coefficient (Wildman–Crippen LogP) is 8.90. The summed E-state index contributed by atoms with van der Waals surface area (Å²) < 4.78 is 6.13. The zero-order valence-corrected chi connectivity index (χ0v) is 24.4. The lowest BCUT2D eigenvalue weighted by Crippen LogP contribution is -2.22. The average molecular weight is 540 g/mol. The standard InChI is InChI=1S/C36H45NO3/c1-36(2,3)31-22-19-26(18-21-27(38)20-17-25-11-5-4-6-12-25)23-32(31)37-35(39)24-30-28-13-7-9-15-33(28)40-34-16-10-8-14-29(30)34/h7-10,13-16,19,22-23,25,27,30,38H,4-6,11-12,17-18,20-21,24H2,1-3H3,(H,37,39)/t27-/m1/s1. The van der Waals surface area contributed by atoms with Crippen molar-refractivity contribution in [1.29, 1.82) is 0 Å². The van der Waals surface area contributed by atoms with Crippen molar-refractivity contribution in [3.05, 3.63) is 89.0 Å². The Labute approximate surface area is 240 Å². The second kappa shape index (κ2) is 12.6. The molecule has 3 aromatic rings. The second-order valence-electron chi connectivity index (χ2n) is 12.9. The number of hydrogen-bond donors (Lipinski definition) is 2. The highest BCUT2D eigenvalue weighted by Gasteiger charge is 2.29. The van der Waals surface area contributed by atoms with Crippen LogP contribution in [0.25, 0.3) is 0 Å². The van der Waals surface area contributed by atoms with E-state index in [0.717, 1.165) is 71.0 Å². The van der Waals surface area contributed by atoms with Crippen molar-refractivity contribution in [3.8, 4) is 11.5 Å². The fourth-order valence-corrected chi connectivity index (χ4v) is 6.50. The average Bonchev–Trinajstić information content (AvgIpc) is 2.95. The van der Waals surface area contributed by atoms with Gasteiger partial charge in [-0.15, -0.1) is 0 Å². The van der Waals surface area contributed by atoms with E-state index < -0.39 is 0 Å². The van der Waals surface area contributed by atoms with Crippen molar-refractivity contribution in [2.24, 2.45) is 5.92 Å². The molecule has 1 aliphatic heterocycles. The van der Waals surface area contributed by atoms with Crippen LogP contribution >= 0.6 is 0 Å². The van der Waals surface area contributed by atoms with Crippen molar-refractivity contribution < 1.29 is 14.6 Å². The minimum absolute atomic E-state index is 0.00771. The minimum Gasteiger partial charge on any atom is -0.457 e. The maximum atomic E-state index is 13.6. The molecule has 0 spiro atoms. The molecule has 1 heterocycles. The molecule has 1 aliphatic carbocycles. The van der Waals surface area contributed by atoms with Gasteiger partial charge in [0.05, 0.1) is 6.10 Å². The van der Waals surface area contributed by atoms with Gasteiger partial charge in [-0.3, -0.25) is 4.79 Å². The normalized spacial score (nSPS) is 16.5. The zero-order chi connectivity index (χ0) is 28.1. The van der Waals surface area contributed by atoms with Gasteiger partial charge in [-0.2, -0.15) is 0 Å². The number of amides is 1. The van der Waals surface area contributed by atoms with E-state index in [-0.39, 0.29) is 23.3 Å². The quantitative estimate of drug-likeness (QED) is 0.285. The molecule has 1 fully saturated rings. The minimum atomic E-state index is -0.268. The summed E-state index contributed by atoms with van der Waals surface area (Å²) in [5, 5.41) is 14.0. The second-order valence-corrected chi connectivity index (χ2v) is 12.9. The first kappa shape index (κ1) is 28.4. The molecule has 0 saturated heterocycles. The summed E-state index contributed by atoms with van der Waals surface area (Å²) in [6.45, 7) is 6.53. The largest absolute Gasteiger partial charge is 0.457 e. The Balaban J connectivity index is 1.27. The Morgan fingerprint density at radius 2 is 1.57 bits per heavy atom. The fourth-order valence-electron chi connectivity index (χ4n) is 6.50. The monoisotopic (exact) mass is 539 g/mol. The van der Waals surface area contributed by atoms with Crippen LogP contribution in [0.2, 0.25) is 0 Å². The maximum Gasteiger partial charge on any atom is 0.225 e. The number of aliphatic hydroxyl groups excluding tert-OH is 1. The van der Waals surface area contributed by atoms with Crippen LogP contribution in [0.15, 0.2) is 66.7 Å². The van der Waals surface area contributed by atoms with E-state index >= 15 is 0 Å². The number of para-hydroxylation sites is 2. The van der Waals surface area contributed by atoms with Gasteiger partial charge >= 0.3 is 0 Å². The lowest BCUT2D eigenvalue weighted by molar-refractivity contribution is -0.116. The fraction of sp³-hybridized carbons (Fsp3) is 0.472. The molecule has 40 heavy (non-hydrogen) atoms. The number of nitrogens with one attached hydrogen (secondary N) is 1. The summed E-state index contributed by atoms with van der Waals surface area (Å²) in [4.78, 5) is 13.6. The first-order chi connectivity index (χ1) is 19.3. The molecular weight excluding hydrogens is 494 g/mol. The molecule has 0 aromatic heterocycles. The first-order valence-corrected chi connectivity index (χ1v) is 15.2. The van der Waals surface area contributed by atoms with Crippen LogP contribution in [-0.4, -0.2) is 17.1 Å². The molecule has 1 atom stereocenters. The molecule has 2 N–H and O–H groups in total. The molecule has 1 amide bonds. The summed E-state index contributed by atoms with van der Waals surface area (Å²) in [6, 6.07) is 22.5. The summed E-state index contributed by atoms with van der Waals surface area (Å²) >= 11 is 0. The van der Waals surface area contributed by atoms with Crippen LogP contribution in [0.1, 0.15) is 107 Å². The summed E-state index contributed by atoms with van der Waals surface area (Å²) in [7, 11) is 0. The SMILES string of the molecule is CC(C)(C)c1ccc(CC[C@H](O)CCC2CCCCC2)cc1NC(=O)CC1c2ccccc2Oc2ccccc21. The zero-order valence-electron chi connectivity index (χ0n) is 24.4. The lowest BCUT2D eigenvalue weighted by atomic mass is 9.83. The Morgan fingerprint density at radius 1 is 0.925 bits per heavy atom. The highest BCUT2D eigenvalue weighted by Crippen LogP contribution is 2.45. The molecule has 4 nitrogen and oxygen atoms in total.